The number of carboxylic acids is 1. The number of carbonyl (C=O) groups is 1. The van der Waals surface area contributed by atoms with Gasteiger partial charge in [0.25, 0.3) is 0 Å². The first-order valence-electron chi connectivity index (χ1n) is 4.60. The van der Waals surface area contributed by atoms with Crippen molar-refractivity contribution in [3.8, 4) is 0 Å². The number of hydrogen-bond donors (Lipinski definition) is 0. The number of benzene rings is 1. The van der Waals surface area contributed by atoms with Crippen LogP contribution in [-0.2, 0) is 16.1 Å². The summed E-state index contributed by atoms with van der Waals surface area (Å²) >= 11 is 0. The molecule has 0 bridgehead atoms. The van der Waals surface area contributed by atoms with Crippen LogP contribution in [-0.4, -0.2) is 12.6 Å². The third kappa shape index (κ3) is 7.56. The predicted octanol–water partition coefficient (Wildman–Crippen LogP) is -2.26. The van der Waals surface area contributed by atoms with E-state index < -0.39 is 5.97 Å². The Labute approximate surface area is 112 Å². The molecule has 0 aliphatic rings. The summed E-state index contributed by atoms with van der Waals surface area (Å²) in [6.45, 7) is 0.997. The van der Waals surface area contributed by atoms with Crippen LogP contribution in [0.4, 0.5) is 0 Å². The van der Waals surface area contributed by atoms with Gasteiger partial charge in [-0.15, -0.1) is 0 Å². The maximum Gasteiger partial charge on any atom is 1.00 e. The Bertz CT molecular complexity index is 274. The van der Waals surface area contributed by atoms with Crippen molar-refractivity contribution in [1.29, 1.82) is 0 Å². The first-order valence-corrected chi connectivity index (χ1v) is 4.60. The van der Waals surface area contributed by atoms with Gasteiger partial charge in [-0.2, -0.15) is 0 Å². The van der Waals surface area contributed by atoms with E-state index in [9.17, 15) is 9.90 Å². The molecule has 0 unspecified atom stereocenters. The summed E-state index contributed by atoms with van der Waals surface area (Å²) in [5, 5.41) is 10.1. The summed E-state index contributed by atoms with van der Waals surface area (Å²) < 4.78 is 5.28. The molecular formula is C11H13NaO3. The second kappa shape index (κ2) is 8.92. The van der Waals surface area contributed by atoms with Crippen molar-refractivity contribution >= 4 is 5.97 Å². The number of aliphatic carboxylic acids is 1. The molecule has 0 atom stereocenters. The number of rotatable bonds is 6. The van der Waals surface area contributed by atoms with Crippen LogP contribution in [0.2, 0.25) is 0 Å². The average molecular weight is 216 g/mol. The van der Waals surface area contributed by atoms with E-state index in [1.807, 2.05) is 30.3 Å². The first-order chi connectivity index (χ1) is 6.79. The van der Waals surface area contributed by atoms with Gasteiger partial charge in [0.15, 0.2) is 0 Å². The molecule has 0 amide bonds. The molecule has 0 fully saturated rings. The van der Waals surface area contributed by atoms with E-state index >= 15 is 0 Å². The van der Waals surface area contributed by atoms with Crippen molar-refractivity contribution in [2.24, 2.45) is 0 Å². The van der Waals surface area contributed by atoms with Crippen molar-refractivity contribution in [2.45, 2.75) is 19.4 Å². The topological polar surface area (TPSA) is 49.4 Å². The van der Waals surface area contributed by atoms with Crippen molar-refractivity contribution in [1.82, 2.24) is 0 Å². The number of hydrogen-bond acceptors (Lipinski definition) is 3. The summed E-state index contributed by atoms with van der Waals surface area (Å²) in [5.41, 5.74) is 1.10. The SMILES string of the molecule is O=C([O-])CCCOCc1ccccc1.[Na+]. The molecule has 0 spiro atoms. The molecule has 1 rings (SSSR count). The second-order valence-corrected chi connectivity index (χ2v) is 3.01. The molecule has 0 radical (unpaired) electrons. The monoisotopic (exact) mass is 216 g/mol. The maximum atomic E-state index is 10.1. The Balaban J connectivity index is 0.00000196. The van der Waals surface area contributed by atoms with Crippen LogP contribution < -0.4 is 34.7 Å². The van der Waals surface area contributed by atoms with E-state index in [0.717, 1.165) is 5.56 Å². The van der Waals surface area contributed by atoms with Crippen LogP contribution in [0.25, 0.3) is 0 Å². The zero-order chi connectivity index (χ0) is 10.2. The molecule has 3 nitrogen and oxygen atoms in total. The molecule has 0 heterocycles. The minimum Gasteiger partial charge on any atom is -0.550 e. The van der Waals surface area contributed by atoms with E-state index in [4.69, 9.17) is 4.74 Å². The van der Waals surface area contributed by atoms with E-state index in [0.29, 0.717) is 19.6 Å². The van der Waals surface area contributed by atoms with Crippen LogP contribution in [0.1, 0.15) is 18.4 Å². The van der Waals surface area contributed by atoms with E-state index in [-0.39, 0.29) is 36.0 Å². The van der Waals surface area contributed by atoms with Crippen LogP contribution in [0.15, 0.2) is 30.3 Å². The van der Waals surface area contributed by atoms with E-state index in [1.165, 1.54) is 0 Å². The molecule has 0 N–H and O–H groups in total. The standard InChI is InChI=1S/C11H14O3.Na/c12-11(13)7-4-8-14-9-10-5-2-1-3-6-10;/h1-3,5-6H,4,7-9H2,(H,12,13);/q;+1/p-1. The van der Waals surface area contributed by atoms with Crippen LogP contribution >= 0.6 is 0 Å². The summed E-state index contributed by atoms with van der Waals surface area (Å²) in [6, 6.07) is 9.77. The van der Waals surface area contributed by atoms with Crippen molar-refractivity contribution in [3.05, 3.63) is 35.9 Å². The molecular weight excluding hydrogens is 203 g/mol. The first kappa shape index (κ1) is 14.6. The Kier molecular flexibility index (Phi) is 8.71. The largest absolute Gasteiger partial charge is 1.00 e. The maximum absolute atomic E-state index is 10.1. The molecule has 0 saturated heterocycles. The van der Waals surface area contributed by atoms with E-state index in [2.05, 4.69) is 0 Å². The van der Waals surface area contributed by atoms with E-state index in [1.54, 1.807) is 0 Å². The Morgan fingerprint density at radius 2 is 1.93 bits per heavy atom. The van der Waals surface area contributed by atoms with Gasteiger partial charge >= 0.3 is 29.6 Å². The zero-order valence-electron chi connectivity index (χ0n) is 8.94. The van der Waals surface area contributed by atoms with Crippen molar-refractivity contribution < 1.29 is 44.2 Å². The zero-order valence-corrected chi connectivity index (χ0v) is 10.9. The van der Waals surface area contributed by atoms with Gasteiger partial charge in [0.1, 0.15) is 0 Å². The second-order valence-electron chi connectivity index (χ2n) is 3.01. The normalized spacial score (nSPS) is 9.33. The predicted molar refractivity (Wildman–Crippen MR) is 50.3 cm³/mol. The summed E-state index contributed by atoms with van der Waals surface area (Å²) in [6.07, 6.45) is 0.573. The van der Waals surface area contributed by atoms with Gasteiger partial charge in [-0.25, -0.2) is 0 Å². The number of carbonyl (C=O) groups excluding carboxylic acids is 1. The molecule has 15 heavy (non-hydrogen) atoms. The fraction of sp³-hybridized carbons (Fsp3) is 0.364. The van der Waals surface area contributed by atoms with Gasteiger partial charge in [-0.1, -0.05) is 30.3 Å². The molecule has 1 aromatic carbocycles. The van der Waals surface area contributed by atoms with Gasteiger partial charge in [-0.3, -0.25) is 0 Å². The molecule has 0 aliphatic carbocycles. The van der Waals surface area contributed by atoms with Crippen LogP contribution in [0.5, 0.6) is 0 Å². The molecule has 0 saturated carbocycles. The number of carboxylic acid groups (broad SMARTS) is 1. The smallest absolute Gasteiger partial charge is 0.550 e. The minimum absolute atomic E-state index is 0. The summed E-state index contributed by atoms with van der Waals surface area (Å²) in [4.78, 5) is 10.1. The molecule has 0 aliphatic heterocycles. The van der Waals surface area contributed by atoms with Gasteiger partial charge < -0.3 is 14.6 Å². The minimum atomic E-state index is -1.02. The van der Waals surface area contributed by atoms with Crippen LogP contribution in [0, 0.1) is 0 Å². The van der Waals surface area contributed by atoms with Crippen molar-refractivity contribution in [3.63, 3.8) is 0 Å². The molecule has 0 aromatic heterocycles. The summed E-state index contributed by atoms with van der Waals surface area (Å²) in [7, 11) is 0. The molecule has 76 valence electrons. The van der Waals surface area contributed by atoms with Gasteiger partial charge in [0, 0.05) is 12.6 Å². The van der Waals surface area contributed by atoms with Crippen LogP contribution in [0.3, 0.4) is 0 Å². The van der Waals surface area contributed by atoms with Gasteiger partial charge in [0.2, 0.25) is 0 Å². The fourth-order valence-electron chi connectivity index (χ4n) is 1.08. The number of ether oxygens (including phenoxy) is 1. The average Bonchev–Trinajstić information content (AvgIpc) is 2.18. The molecule has 4 heteroatoms. The third-order valence-electron chi connectivity index (χ3n) is 1.78. The quantitative estimate of drug-likeness (QED) is 0.398. The Morgan fingerprint density at radius 1 is 1.27 bits per heavy atom. The Hall–Kier alpha value is -0.350. The Morgan fingerprint density at radius 3 is 2.53 bits per heavy atom. The van der Waals surface area contributed by atoms with Crippen molar-refractivity contribution in [2.75, 3.05) is 6.61 Å². The van der Waals surface area contributed by atoms with Gasteiger partial charge in [-0.05, 0) is 18.4 Å². The van der Waals surface area contributed by atoms with Gasteiger partial charge in [0.05, 0.1) is 6.61 Å². The fourth-order valence-corrected chi connectivity index (χ4v) is 1.08. The summed E-state index contributed by atoms with van der Waals surface area (Å²) in [5.74, 6) is -1.02. The third-order valence-corrected chi connectivity index (χ3v) is 1.78. The molecule has 1 aromatic rings.